The van der Waals surface area contributed by atoms with Gasteiger partial charge in [-0.05, 0) is 18.3 Å². The van der Waals surface area contributed by atoms with Crippen LogP contribution in [0.4, 0.5) is 0 Å². The fourth-order valence-corrected chi connectivity index (χ4v) is 1.96. The highest BCUT2D eigenvalue weighted by Crippen LogP contribution is 2.29. The van der Waals surface area contributed by atoms with E-state index in [9.17, 15) is 4.79 Å². The van der Waals surface area contributed by atoms with Gasteiger partial charge in [0.2, 0.25) is 0 Å². The van der Waals surface area contributed by atoms with Crippen molar-refractivity contribution in [1.82, 2.24) is 0 Å². The molecule has 1 atom stereocenters. The van der Waals surface area contributed by atoms with Gasteiger partial charge in [-0.3, -0.25) is 4.79 Å². The van der Waals surface area contributed by atoms with Crippen LogP contribution in [0.1, 0.15) is 59.3 Å². The van der Waals surface area contributed by atoms with Crippen molar-refractivity contribution in [2.45, 2.75) is 65.3 Å². The Kier molecular flexibility index (Phi) is 6.57. The smallest absolute Gasteiger partial charge is 0.304 e. The summed E-state index contributed by atoms with van der Waals surface area (Å²) in [7, 11) is 0. The molecule has 0 fully saturated rings. The minimum atomic E-state index is -0.799. The number of rotatable bonds is 8. The molecule has 3 heteroatoms. The molecule has 0 saturated carbocycles. The summed E-state index contributed by atoms with van der Waals surface area (Å²) in [6, 6.07) is -0.209. The third kappa shape index (κ3) is 8.43. The Morgan fingerprint density at radius 3 is 2.47 bits per heavy atom. The average molecular weight is 215 g/mol. The number of aliphatic carboxylic acids is 1. The lowest BCUT2D eigenvalue weighted by molar-refractivity contribution is -0.137. The maximum Gasteiger partial charge on any atom is 0.304 e. The van der Waals surface area contributed by atoms with Crippen molar-refractivity contribution in [3.8, 4) is 0 Å². The molecule has 0 heterocycles. The van der Waals surface area contributed by atoms with E-state index in [4.69, 9.17) is 10.8 Å². The van der Waals surface area contributed by atoms with Crippen LogP contribution in [-0.2, 0) is 4.79 Å². The molecule has 3 nitrogen and oxygen atoms in total. The maximum atomic E-state index is 10.5. The number of hydrogen-bond donors (Lipinski definition) is 2. The zero-order chi connectivity index (χ0) is 11.9. The lowest BCUT2D eigenvalue weighted by atomic mass is 9.80. The van der Waals surface area contributed by atoms with Gasteiger partial charge in [0, 0.05) is 6.04 Å². The number of carboxylic acid groups (broad SMARTS) is 1. The van der Waals surface area contributed by atoms with Crippen LogP contribution in [0, 0.1) is 5.41 Å². The molecule has 0 aromatic rings. The predicted octanol–water partition coefficient (Wildman–Crippen LogP) is 2.79. The predicted molar refractivity (Wildman–Crippen MR) is 62.8 cm³/mol. The van der Waals surface area contributed by atoms with E-state index in [1.54, 1.807) is 0 Å². The minimum absolute atomic E-state index is 0.0806. The molecule has 3 N–H and O–H groups in total. The second-order valence-corrected chi connectivity index (χ2v) is 5.18. The summed E-state index contributed by atoms with van der Waals surface area (Å²) in [5, 5.41) is 8.61. The topological polar surface area (TPSA) is 63.3 Å². The Bertz CT molecular complexity index is 190. The first-order chi connectivity index (χ1) is 6.87. The Morgan fingerprint density at radius 1 is 1.40 bits per heavy atom. The van der Waals surface area contributed by atoms with E-state index in [1.165, 1.54) is 19.3 Å². The van der Waals surface area contributed by atoms with Gasteiger partial charge in [-0.2, -0.15) is 0 Å². The van der Waals surface area contributed by atoms with Gasteiger partial charge >= 0.3 is 5.97 Å². The van der Waals surface area contributed by atoms with E-state index in [2.05, 4.69) is 20.8 Å². The molecular weight excluding hydrogens is 190 g/mol. The fraction of sp³-hybridized carbons (Fsp3) is 0.917. The van der Waals surface area contributed by atoms with Crippen molar-refractivity contribution in [2.24, 2.45) is 11.1 Å². The highest BCUT2D eigenvalue weighted by atomic mass is 16.4. The molecule has 0 rings (SSSR count). The van der Waals surface area contributed by atoms with Gasteiger partial charge in [-0.15, -0.1) is 0 Å². The molecule has 0 aromatic carbocycles. The molecule has 0 bridgehead atoms. The molecule has 0 unspecified atom stereocenters. The Morgan fingerprint density at radius 2 is 2.00 bits per heavy atom. The van der Waals surface area contributed by atoms with Crippen LogP contribution in [0.3, 0.4) is 0 Å². The van der Waals surface area contributed by atoms with Crippen molar-refractivity contribution in [1.29, 1.82) is 0 Å². The molecule has 0 spiro atoms. The Hall–Kier alpha value is -0.570. The third-order valence-electron chi connectivity index (χ3n) is 2.71. The number of carboxylic acids is 1. The van der Waals surface area contributed by atoms with Crippen molar-refractivity contribution < 1.29 is 9.90 Å². The summed E-state index contributed by atoms with van der Waals surface area (Å²) < 4.78 is 0. The van der Waals surface area contributed by atoms with E-state index in [1.807, 2.05) is 0 Å². The van der Waals surface area contributed by atoms with E-state index in [0.717, 1.165) is 12.8 Å². The van der Waals surface area contributed by atoms with Crippen molar-refractivity contribution in [3.05, 3.63) is 0 Å². The second-order valence-electron chi connectivity index (χ2n) is 5.18. The van der Waals surface area contributed by atoms with Gasteiger partial charge in [0.25, 0.3) is 0 Å². The molecule has 90 valence electrons. The van der Waals surface area contributed by atoms with Gasteiger partial charge in [0.15, 0.2) is 0 Å². The van der Waals surface area contributed by atoms with Gasteiger partial charge < -0.3 is 10.8 Å². The number of nitrogens with two attached hydrogens (primary N) is 1. The lowest BCUT2D eigenvalue weighted by Crippen LogP contribution is -2.30. The SMILES string of the molecule is CCCCCC(C)(C)C[C@H](N)CC(=O)O. The van der Waals surface area contributed by atoms with Crippen LogP contribution in [0.15, 0.2) is 0 Å². The monoisotopic (exact) mass is 215 g/mol. The quantitative estimate of drug-likeness (QED) is 0.612. The summed E-state index contributed by atoms with van der Waals surface area (Å²) in [4.78, 5) is 10.5. The molecule has 0 aliphatic carbocycles. The highest BCUT2D eigenvalue weighted by molar-refractivity contribution is 5.67. The first-order valence-corrected chi connectivity index (χ1v) is 5.85. The van der Waals surface area contributed by atoms with Crippen LogP contribution in [0.5, 0.6) is 0 Å². The van der Waals surface area contributed by atoms with Crippen LogP contribution in [-0.4, -0.2) is 17.1 Å². The van der Waals surface area contributed by atoms with Gasteiger partial charge in [-0.1, -0.05) is 40.0 Å². The van der Waals surface area contributed by atoms with Gasteiger partial charge in [0.1, 0.15) is 0 Å². The molecule has 0 radical (unpaired) electrons. The van der Waals surface area contributed by atoms with Crippen LogP contribution >= 0.6 is 0 Å². The molecule has 15 heavy (non-hydrogen) atoms. The summed E-state index contributed by atoms with van der Waals surface area (Å²) in [6.07, 6.45) is 5.69. The van der Waals surface area contributed by atoms with E-state index in [-0.39, 0.29) is 17.9 Å². The van der Waals surface area contributed by atoms with Crippen LogP contribution < -0.4 is 5.73 Å². The van der Waals surface area contributed by atoms with Crippen molar-refractivity contribution >= 4 is 5.97 Å². The van der Waals surface area contributed by atoms with Crippen LogP contribution in [0.25, 0.3) is 0 Å². The maximum absolute atomic E-state index is 10.5. The zero-order valence-electron chi connectivity index (χ0n) is 10.3. The van der Waals surface area contributed by atoms with E-state index >= 15 is 0 Å². The Balaban J connectivity index is 3.84. The number of unbranched alkanes of at least 4 members (excludes halogenated alkanes) is 2. The van der Waals surface area contributed by atoms with Gasteiger partial charge in [0.05, 0.1) is 6.42 Å². The average Bonchev–Trinajstić information content (AvgIpc) is 2.00. The Labute approximate surface area is 93.0 Å². The highest BCUT2D eigenvalue weighted by Gasteiger charge is 2.22. The normalized spacial score (nSPS) is 13.9. The molecular formula is C12H25NO2. The number of hydrogen-bond acceptors (Lipinski definition) is 2. The summed E-state index contributed by atoms with van der Waals surface area (Å²) in [5.74, 6) is -0.799. The molecule has 0 aliphatic rings. The molecule has 0 aromatic heterocycles. The molecule has 0 amide bonds. The van der Waals surface area contributed by atoms with Gasteiger partial charge in [-0.25, -0.2) is 0 Å². The standard InChI is InChI=1S/C12H25NO2/c1-4-5-6-7-12(2,3)9-10(13)8-11(14)15/h10H,4-9,13H2,1-3H3,(H,14,15)/t10-/m1/s1. The van der Waals surface area contributed by atoms with Crippen molar-refractivity contribution in [2.75, 3.05) is 0 Å². The summed E-state index contributed by atoms with van der Waals surface area (Å²) in [5.41, 5.74) is 5.95. The van der Waals surface area contributed by atoms with E-state index in [0.29, 0.717) is 0 Å². The minimum Gasteiger partial charge on any atom is -0.481 e. The van der Waals surface area contributed by atoms with Crippen molar-refractivity contribution in [3.63, 3.8) is 0 Å². The largest absolute Gasteiger partial charge is 0.481 e. The number of carbonyl (C=O) groups is 1. The lowest BCUT2D eigenvalue weighted by Gasteiger charge is -2.27. The fourth-order valence-electron chi connectivity index (χ4n) is 1.96. The zero-order valence-corrected chi connectivity index (χ0v) is 10.3. The van der Waals surface area contributed by atoms with Crippen LogP contribution in [0.2, 0.25) is 0 Å². The van der Waals surface area contributed by atoms with E-state index < -0.39 is 5.97 Å². The summed E-state index contributed by atoms with van der Waals surface area (Å²) in [6.45, 7) is 6.53. The summed E-state index contributed by atoms with van der Waals surface area (Å²) >= 11 is 0. The third-order valence-corrected chi connectivity index (χ3v) is 2.71. The molecule has 0 saturated heterocycles. The molecule has 0 aliphatic heterocycles. The second kappa shape index (κ2) is 6.83. The first kappa shape index (κ1) is 14.4. The first-order valence-electron chi connectivity index (χ1n) is 5.85.